The molecule has 1 atom stereocenters. The molecule has 0 heterocycles. The third-order valence-electron chi connectivity index (χ3n) is 2.27. The molecule has 0 spiro atoms. The first kappa shape index (κ1) is 14.2. The van der Waals surface area contributed by atoms with Gasteiger partial charge in [-0.15, -0.1) is 0 Å². The Labute approximate surface area is 91.4 Å². The minimum absolute atomic E-state index is 0.0985. The fourth-order valence-corrected chi connectivity index (χ4v) is 1.10. The average molecular weight is 208 g/mol. The summed E-state index contributed by atoms with van der Waals surface area (Å²) in [7, 11) is 5.24. The fourth-order valence-electron chi connectivity index (χ4n) is 1.10. The van der Waals surface area contributed by atoms with Crippen molar-refractivity contribution in [2.24, 2.45) is 5.92 Å². The summed E-state index contributed by atoms with van der Waals surface area (Å²) in [6.07, 6.45) is -0.196. The molecule has 6 heteroatoms. The number of hydrogen-bond acceptors (Lipinski definition) is 4. The van der Waals surface area contributed by atoms with E-state index in [1.54, 1.807) is 20.8 Å². The SMILES string of the molecule is [B]OC(B=O)(CC(=O)C(C)C)C(=O)CC. The Morgan fingerprint density at radius 2 is 2.00 bits per heavy atom. The van der Waals surface area contributed by atoms with Gasteiger partial charge in [-0.1, -0.05) is 0 Å². The summed E-state index contributed by atoms with van der Waals surface area (Å²) >= 11 is 0. The Hall–Kier alpha value is -0.770. The summed E-state index contributed by atoms with van der Waals surface area (Å²) in [4.78, 5) is 22.9. The minimum atomic E-state index is -1.80. The monoisotopic (exact) mass is 208 g/mol. The molecule has 0 aromatic rings. The van der Waals surface area contributed by atoms with Gasteiger partial charge in [-0.05, 0) is 0 Å². The van der Waals surface area contributed by atoms with E-state index in [-0.39, 0.29) is 24.5 Å². The van der Waals surface area contributed by atoms with Crippen LogP contribution in [-0.2, 0) is 18.9 Å². The van der Waals surface area contributed by atoms with E-state index in [0.717, 1.165) is 0 Å². The van der Waals surface area contributed by atoms with E-state index in [9.17, 15) is 14.3 Å². The molecule has 80 valence electrons. The van der Waals surface area contributed by atoms with Crippen LogP contribution in [0.25, 0.3) is 0 Å². The van der Waals surface area contributed by atoms with Crippen LogP contribution in [0.5, 0.6) is 0 Å². The zero-order valence-electron chi connectivity index (χ0n) is 9.28. The second-order valence-electron chi connectivity index (χ2n) is 3.70. The predicted molar refractivity (Wildman–Crippen MR) is 55.8 cm³/mol. The van der Waals surface area contributed by atoms with Gasteiger partial charge in [-0.25, -0.2) is 0 Å². The van der Waals surface area contributed by atoms with Crippen LogP contribution in [-0.4, -0.2) is 32.3 Å². The van der Waals surface area contributed by atoms with Gasteiger partial charge in [0.2, 0.25) is 0 Å². The van der Waals surface area contributed by atoms with E-state index in [4.69, 9.17) is 8.05 Å². The standard InChI is InChI=1S/C9H14B2O4/c1-4-8(13)9(11-14,15-10)5-7(12)6(2)3/h6H,4-5H2,1-3H3. The van der Waals surface area contributed by atoms with Gasteiger partial charge in [0.05, 0.1) is 0 Å². The number of hydrogen-bond donors (Lipinski definition) is 0. The van der Waals surface area contributed by atoms with Gasteiger partial charge in [0.25, 0.3) is 0 Å². The molecule has 0 aromatic heterocycles. The summed E-state index contributed by atoms with van der Waals surface area (Å²) in [6.45, 7) is 4.95. The van der Waals surface area contributed by atoms with Crippen LogP contribution in [0.4, 0.5) is 0 Å². The van der Waals surface area contributed by atoms with Gasteiger partial charge >= 0.3 is 90.7 Å². The summed E-state index contributed by atoms with van der Waals surface area (Å²) in [6, 6.07) is 0. The quantitative estimate of drug-likeness (QED) is 0.569. The van der Waals surface area contributed by atoms with E-state index >= 15 is 0 Å². The number of ketones is 2. The van der Waals surface area contributed by atoms with E-state index in [1.807, 2.05) is 0 Å². The summed E-state index contributed by atoms with van der Waals surface area (Å²) in [5.74, 6) is -0.965. The molecule has 0 aliphatic heterocycles. The molecular formula is C9H14B2O4. The third kappa shape index (κ3) is 3.38. The molecule has 0 bridgehead atoms. The fraction of sp³-hybridized carbons (Fsp3) is 0.778. The van der Waals surface area contributed by atoms with Gasteiger partial charge in [0.15, 0.2) is 0 Å². The van der Waals surface area contributed by atoms with Crippen molar-refractivity contribution in [1.29, 1.82) is 0 Å². The Balaban J connectivity index is 4.87. The molecule has 0 aliphatic carbocycles. The maximum atomic E-state index is 11.5. The number of carbonyl (C=O) groups is 2. The van der Waals surface area contributed by atoms with Crippen molar-refractivity contribution in [2.45, 2.75) is 39.1 Å². The molecule has 0 rings (SSSR count). The molecule has 0 aliphatic rings. The van der Waals surface area contributed by atoms with Gasteiger partial charge in [0.1, 0.15) is 0 Å². The molecule has 0 saturated carbocycles. The first-order valence-electron chi connectivity index (χ1n) is 4.83. The van der Waals surface area contributed by atoms with E-state index < -0.39 is 11.3 Å². The van der Waals surface area contributed by atoms with Crippen molar-refractivity contribution in [1.82, 2.24) is 0 Å². The summed E-state index contributed by atoms with van der Waals surface area (Å²) < 4.78 is 15.3. The van der Waals surface area contributed by atoms with Crippen molar-refractivity contribution in [3.63, 3.8) is 0 Å². The van der Waals surface area contributed by atoms with Gasteiger partial charge in [-0.3, -0.25) is 0 Å². The molecular weight excluding hydrogens is 194 g/mol. The Morgan fingerprint density at radius 3 is 2.27 bits per heavy atom. The Morgan fingerprint density at radius 1 is 1.47 bits per heavy atom. The molecule has 0 N–H and O–H groups in total. The van der Waals surface area contributed by atoms with Crippen LogP contribution in [0, 0.1) is 5.92 Å². The van der Waals surface area contributed by atoms with Gasteiger partial charge < -0.3 is 0 Å². The van der Waals surface area contributed by atoms with E-state index in [1.165, 1.54) is 0 Å². The maximum absolute atomic E-state index is 11.5. The second kappa shape index (κ2) is 5.95. The normalized spacial score (nSPS) is 14.4. The first-order chi connectivity index (χ1) is 6.93. The molecule has 0 amide bonds. The van der Waals surface area contributed by atoms with Crippen molar-refractivity contribution in [2.75, 3.05) is 0 Å². The van der Waals surface area contributed by atoms with Crippen LogP contribution >= 0.6 is 0 Å². The Bertz CT molecular complexity index is 265. The number of rotatable bonds is 7. The molecule has 4 nitrogen and oxygen atoms in total. The average Bonchev–Trinajstić information content (AvgIpc) is 2.24. The van der Waals surface area contributed by atoms with Crippen molar-refractivity contribution < 1.29 is 18.9 Å². The van der Waals surface area contributed by atoms with Crippen molar-refractivity contribution >= 4 is 26.8 Å². The molecule has 2 radical (unpaired) electrons. The van der Waals surface area contributed by atoms with Crippen LogP contribution in [0.2, 0.25) is 0 Å². The molecule has 0 fully saturated rings. The summed E-state index contributed by atoms with van der Waals surface area (Å²) in [5, 5.41) is 0. The molecule has 0 saturated heterocycles. The third-order valence-corrected chi connectivity index (χ3v) is 2.27. The van der Waals surface area contributed by atoms with Crippen LogP contribution in [0.15, 0.2) is 0 Å². The van der Waals surface area contributed by atoms with Crippen molar-refractivity contribution in [3.05, 3.63) is 0 Å². The van der Waals surface area contributed by atoms with Gasteiger partial charge in [0, 0.05) is 0 Å². The molecule has 15 heavy (non-hydrogen) atoms. The second-order valence-corrected chi connectivity index (χ2v) is 3.70. The first-order valence-corrected chi connectivity index (χ1v) is 4.83. The van der Waals surface area contributed by atoms with Crippen LogP contribution < -0.4 is 0 Å². The van der Waals surface area contributed by atoms with Crippen LogP contribution in [0.3, 0.4) is 0 Å². The van der Waals surface area contributed by atoms with E-state index in [2.05, 4.69) is 4.65 Å². The van der Waals surface area contributed by atoms with Gasteiger partial charge in [-0.2, -0.15) is 0 Å². The number of Topliss-reactive ketones (excluding diaryl/α,β-unsaturated/α-hetero) is 2. The zero-order chi connectivity index (χ0) is 12.1. The predicted octanol–water partition coefficient (Wildman–Crippen LogP) is 0.427. The topological polar surface area (TPSA) is 60.4 Å². The molecule has 0 aromatic carbocycles. The van der Waals surface area contributed by atoms with Crippen molar-refractivity contribution in [3.8, 4) is 0 Å². The zero-order valence-corrected chi connectivity index (χ0v) is 9.28. The number of carbonyl (C=O) groups excluding carboxylic acids is 2. The Kier molecular flexibility index (Phi) is 5.65. The molecule has 1 unspecified atom stereocenters. The van der Waals surface area contributed by atoms with Crippen LogP contribution in [0.1, 0.15) is 33.6 Å². The van der Waals surface area contributed by atoms with E-state index in [0.29, 0.717) is 7.15 Å². The summed E-state index contributed by atoms with van der Waals surface area (Å²) in [5.41, 5.74) is -1.80.